The van der Waals surface area contributed by atoms with E-state index in [2.05, 4.69) is 25.9 Å². The van der Waals surface area contributed by atoms with Gasteiger partial charge in [-0.3, -0.25) is 4.57 Å². The Morgan fingerprint density at radius 1 is 1.04 bits per heavy atom. The van der Waals surface area contributed by atoms with E-state index in [9.17, 15) is 5.11 Å². The van der Waals surface area contributed by atoms with Gasteiger partial charge in [0.15, 0.2) is 9.78 Å². The monoisotopic (exact) mass is 415 g/mol. The zero-order valence-electron chi connectivity index (χ0n) is 12.2. The minimum atomic E-state index is 0.0983. The van der Waals surface area contributed by atoms with Crippen molar-refractivity contribution in [3.63, 3.8) is 0 Å². The Bertz CT molecular complexity index is 1110. The van der Waals surface area contributed by atoms with Gasteiger partial charge in [0, 0.05) is 10.5 Å². The molecule has 0 aliphatic carbocycles. The molecule has 1 aliphatic heterocycles. The largest absolute Gasteiger partial charge is 0.493 e. The lowest BCUT2D eigenvalue weighted by molar-refractivity contribution is 0.441. The number of fused-ring (bicyclic) bond motifs is 1. The summed E-state index contributed by atoms with van der Waals surface area (Å²) in [5.41, 5.74) is 0.810. The maximum absolute atomic E-state index is 10.6. The third-order valence-electron chi connectivity index (χ3n) is 3.51. The molecule has 0 spiro atoms. The van der Waals surface area contributed by atoms with Crippen LogP contribution in [0.3, 0.4) is 0 Å². The summed E-state index contributed by atoms with van der Waals surface area (Å²) in [5, 5.41) is 12.2. The fraction of sp³-hybridized carbons (Fsp3) is 0. The first-order chi connectivity index (χ1) is 11.6. The van der Waals surface area contributed by atoms with Crippen molar-refractivity contribution in [2.45, 2.75) is 0 Å². The molecule has 3 aromatic rings. The molecule has 0 amide bonds. The lowest BCUT2D eigenvalue weighted by Crippen LogP contribution is -2.19. The fourth-order valence-electron chi connectivity index (χ4n) is 2.40. The van der Waals surface area contributed by atoms with Crippen molar-refractivity contribution in [3.8, 4) is 11.6 Å². The zero-order chi connectivity index (χ0) is 16.7. The maximum Gasteiger partial charge on any atom is 0.215 e. The fourth-order valence-corrected chi connectivity index (χ4v) is 3.94. The normalized spacial score (nSPS) is 12.5. The molecule has 1 aliphatic rings. The van der Waals surface area contributed by atoms with Gasteiger partial charge >= 0.3 is 0 Å². The van der Waals surface area contributed by atoms with Crippen molar-refractivity contribution in [1.29, 1.82) is 0 Å². The molecule has 0 atom stereocenters. The van der Waals surface area contributed by atoms with Crippen molar-refractivity contribution in [2.24, 2.45) is 9.98 Å². The van der Waals surface area contributed by atoms with Crippen molar-refractivity contribution < 1.29 is 5.11 Å². The van der Waals surface area contributed by atoms with E-state index in [4.69, 9.17) is 12.2 Å². The van der Waals surface area contributed by atoms with Gasteiger partial charge in [-0.15, -0.1) is 11.3 Å². The molecular formula is C17H10BrN3OS2. The van der Waals surface area contributed by atoms with E-state index >= 15 is 0 Å². The first-order valence-electron chi connectivity index (χ1n) is 7.07. The van der Waals surface area contributed by atoms with E-state index < -0.39 is 0 Å². The summed E-state index contributed by atoms with van der Waals surface area (Å²) in [7, 11) is 0. The Morgan fingerprint density at radius 3 is 2.29 bits per heavy atom. The van der Waals surface area contributed by atoms with Gasteiger partial charge in [0.1, 0.15) is 0 Å². The number of hydrogen-bond donors (Lipinski definition) is 1. The van der Waals surface area contributed by atoms with Crippen LogP contribution in [0.15, 0.2) is 68.8 Å². The Kier molecular flexibility index (Phi) is 3.91. The number of thiazole rings is 1. The second kappa shape index (κ2) is 6.08. The van der Waals surface area contributed by atoms with E-state index in [1.54, 1.807) is 10.6 Å². The van der Waals surface area contributed by atoms with Crippen LogP contribution in [0.2, 0.25) is 0 Å². The van der Waals surface area contributed by atoms with Crippen LogP contribution in [-0.2, 0) is 0 Å². The molecule has 24 heavy (non-hydrogen) atoms. The van der Waals surface area contributed by atoms with Crippen LogP contribution in [0.25, 0.3) is 11.8 Å². The molecule has 4 rings (SSSR count). The van der Waals surface area contributed by atoms with Crippen molar-refractivity contribution in [3.05, 3.63) is 78.4 Å². The second-order valence-electron chi connectivity index (χ2n) is 5.08. The number of nitrogens with zero attached hydrogens (tertiary/aromatic N) is 3. The molecule has 1 N–H and O–H groups in total. The Labute approximate surface area is 154 Å². The average molecular weight is 416 g/mol. The predicted octanol–water partition coefficient (Wildman–Crippen LogP) is 3.99. The lowest BCUT2D eigenvalue weighted by Gasteiger charge is -2.04. The molecule has 0 fully saturated rings. The molecule has 0 radical (unpaired) electrons. The SMILES string of the molecule is Oc1c(C=C2N=c3ccccc3=N2)sc(=S)n1-c1ccc(Br)cc1. The molecule has 2 aromatic carbocycles. The molecule has 1 aromatic heterocycles. The van der Waals surface area contributed by atoms with E-state index in [-0.39, 0.29) is 5.88 Å². The predicted molar refractivity (Wildman–Crippen MR) is 101 cm³/mol. The highest BCUT2D eigenvalue weighted by Gasteiger charge is 2.13. The van der Waals surface area contributed by atoms with Gasteiger partial charge < -0.3 is 5.11 Å². The number of rotatable bonds is 2. The highest BCUT2D eigenvalue weighted by Crippen LogP contribution is 2.32. The number of aromatic hydroxyl groups is 1. The van der Waals surface area contributed by atoms with Gasteiger partial charge in [-0.1, -0.05) is 28.1 Å². The van der Waals surface area contributed by atoms with Gasteiger partial charge in [-0.25, -0.2) is 9.98 Å². The Morgan fingerprint density at radius 2 is 1.67 bits per heavy atom. The van der Waals surface area contributed by atoms with Crippen LogP contribution in [-0.4, -0.2) is 9.67 Å². The summed E-state index contributed by atoms with van der Waals surface area (Å²) >= 11 is 10.1. The van der Waals surface area contributed by atoms with Crippen LogP contribution in [0, 0.1) is 3.95 Å². The Balaban J connectivity index is 1.80. The number of benzene rings is 2. The van der Waals surface area contributed by atoms with Crippen molar-refractivity contribution in [2.75, 3.05) is 0 Å². The van der Waals surface area contributed by atoms with Crippen LogP contribution >= 0.6 is 39.5 Å². The molecule has 4 nitrogen and oxygen atoms in total. The minimum absolute atomic E-state index is 0.0983. The molecule has 0 bridgehead atoms. The van der Waals surface area contributed by atoms with Gasteiger partial charge in [0.2, 0.25) is 5.88 Å². The van der Waals surface area contributed by atoms with Crippen LogP contribution < -0.4 is 10.7 Å². The van der Waals surface area contributed by atoms with E-state index in [0.29, 0.717) is 14.7 Å². The summed E-state index contributed by atoms with van der Waals surface area (Å²) in [4.78, 5) is 9.54. The first-order valence-corrected chi connectivity index (χ1v) is 9.08. The third-order valence-corrected chi connectivity index (χ3v) is 5.35. The summed E-state index contributed by atoms with van der Waals surface area (Å²) in [6.45, 7) is 0. The molecular weight excluding hydrogens is 406 g/mol. The molecule has 118 valence electrons. The number of aromatic nitrogens is 1. The average Bonchev–Trinajstić information content (AvgIpc) is 3.09. The summed E-state index contributed by atoms with van der Waals surface area (Å²) in [6, 6.07) is 15.3. The summed E-state index contributed by atoms with van der Waals surface area (Å²) in [5.74, 6) is 0.659. The third kappa shape index (κ3) is 2.75. The van der Waals surface area contributed by atoms with E-state index in [0.717, 1.165) is 20.9 Å². The highest BCUT2D eigenvalue weighted by molar-refractivity contribution is 9.10. The molecule has 7 heteroatoms. The topological polar surface area (TPSA) is 49.9 Å². The van der Waals surface area contributed by atoms with Crippen molar-refractivity contribution >= 4 is 45.6 Å². The highest BCUT2D eigenvalue weighted by atomic mass is 79.9. The van der Waals surface area contributed by atoms with Gasteiger partial charge in [0.25, 0.3) is 0 Å². The minimum Gasteiger partial charge on any atom is -0.493 e. The second-order valence-corrected chi connectivity index (χ2v) is 7.67. The Hall–Kier alpha value is -2.09. The number of para-hydroxylation sites is 2. The summed E-state index contributed by atoms with van der Waals surface area (Å²) in [6.07, 6.45) is 1.76. The smallest absolute Gasteiger partial charge is 0.215 e. The van der Waals surface area contributed by atoms with E-state index in [1.165, 1.54) is 11.3 Å². The standard InChI is InChI=1S/C17H10BrN3OS2/c18-10-5-7-11(8-6-10)21-16(22)14(24-17(21)23)9-15-19-12-3-1-2-4-13(12)20-15/h1-9,22H. The summed E-state index contributed by atoms with van der Waals surface area (Å²) < 4.78 is 3.18. The van der Waals surface area contributed by atoms with Gasteiger partial charge in [-0.2, -0.15) is 0 Å². The van der Waals surface area contributed by atoms with E-state index in [1.807, 2.05) is 48.5 Å². The molecule has 0 saturated heterocycles. The molecule has 0 unspecified atom stereocenters. The van der Waals surface area contributed by atoms with Gasteiger partial charge in [-0.05, 0) is 48.6 Å². The van der Waals surface area contributed by atoms with Crippen LogP contribution in [0.4, 0.5) is 0 Å². The quantitative estimate of drug-likeness (QED) is 0.643. The van der Waals surface area contributed by atoms with Crippen LogP contribution in [0.5, 0.6) is 5.88 Å². The number of hydrogen-bond acceptors (Lipinski definition) is 5. The van der Waals surface area contributed by atoms with Crippen LogP contribution in [0.1, 0.15) is 4.88 Å². The van der Waals surface area contributed by atoms with Gasteiger partial charge in [0.05, 0.1) is 21.3 Å². The number of halogens is 1. The first kappa shape index (κ1) is 15.4. The zero-order valence-corrected chi connectivity index (χ0v) is 15.4. The molecule has 0 saturated carbocycles. The van der Waals surface area contributed by atoms with Crippen molar-refractivity contribution in [1.82, 2.24) is 4.57 Å². The molecule has 2 heterocycles. The maximum atomic E-state index is 10.6. The lowest BCUT2D eigenvalue weighted by atomic mass is 10.3.